The first-order valence-corrected chi connectivity index (χ1v) is 4.57. The Kier molecular flexibility index (Phi) is 3.45. The smallest absolute Gasteiger partial charge is 0.185 e. The number of nitrogens with one attached hydrogen (secondary N) is 2. The average Bonchev–Trinajstić information content (AvgIpc) is 2.15. The summed E-state index contributed by atoms with van der Waals surface area (Å²) >= 11 is 0.520. The molecule has 70 valence electrons. The van der Waals surface area contributed by atoms with E-state index in [9.17, 15) is 4.21 Å². The molecule has 0 radical (unpaired) electrons. The van der Waals surface area contributed by atoms with Gasteiger partial charge in [-0.2, -0.15) is 0 Å². The van der Waals surface area contributed by atoms with Crippen LogP contribution in [0, 0.1) is 5.41 Å². The van der Waals surface area contributed by atoms with Crippen LogP contribution in [0.15, 0.2) is 23.8 Å². The van der Waals surface area contributed by atoms with Gasteiger partial charge in [-0.05, 0) is 11.6 Å². The molecule has 0 amide bonds. The molecule has 0 atom stereocenters. The van der Waals surface area contributed by atoms with Gasteiger partial charge in [0.05, 0.1) is 11.3 Å². The van der Waals surface area contributed by atoms with E-state index in [1.807, 2.05) is 12.2 Å². The van der Waals surface area contributed by atoms with Crippen molar-refractivity contribution in [2.45, 2.75) is 6.42 Å². The van der Waals surface area contributed by atoms with Crippen LogP contribution in [0.1, 0.15) is 6.42 Å². The van der Waals surface area contributed by atoms with E-state index in [4.69, 9.17) is 11.1 Å². The second-order valence-electron chi connectivity index (χ2n) is 2.63. The van der Waals surface area contributed by atoms with Crippen LogP contribution < -0.4 is 11.1 Å². The SMILES string of the molecule is N=C(N)NCC1=CCC(=S=O)C=C1. The molecule has 13 heavy (non-hydrogen) atoms. The molecule has 0 saturated heterocycles. The molecule has 1 aliphatic rings. The monoisotopic (exact) mass is 197 g/mol. The molecule has 0 unspecified atom stereocenters. The van der Waals surface area contributed by atoms with Crippen molar-refractivity contribution in [3.8, 4) is 0 Å². The summed E-state index contributed by atoms with van der Waals surface area (Å²) < 4.78 is 10.4. The van der Waals surface area contributed by atoms with Gasteiger partial charge < -0.3 is 11.1 Å². The molecule has 1 rings (SSSR count). The van der Waals surface area contributed by atoms with E-state index < -0.39 is 0 Å². The van der Waals surface area contributed by atoms with Crippen LogP contribution in [0.3, 0.4) is 0 Å². The van der Waals surface area contributed by atoms with Gasteiger partial charge in [0.15, 0.2) is 5.96 Å². The Bertz CT molecular complexity index is 326. The van der Waals surface area contributed by atoms with Crippen LogP contribution >= 0.6 is 0 Å². The quantitative estimate of drug-likeness (QED) is 0.324. The number of rotatable bonds is 2. The van der Waals surface area contributed by atoms with Crippen molar-refractivity contribution in [1.82, 2.24) is 5.32 Å². The van der Waals surface area contributed by atoms with Crippen LogP contribution in [-0.4, -0.2) is 21.6 Å². The van der Waals surface area contributed by atoms with E-state index in [0.29, 0.717) is 24.2 Å². The molecule has 0 aromatic heterocycles. The average molecular weight is 197 g/mol. The fourth-order valence-corrected chi connectivity index (χ4v) is 1.23. The summed E-state index contributed by atoms with van der Waals surface area (Å²) in [5, 5.41) is 9.64. The largest absolute Gasteiger partial charge is 0.370 e. The second kappa shape index (κ2) is 4.61. The van der Waals surface area contributed by atoms with Gasteiger partial charge in [0.25, 0.3) is 0 Å². The number of hydrogen-bond donors (Lipinski definition) is 3. The summed E-state index contributed by atoms with van der Waals surface area (Å²) in [6.07, 6.45) is 6.30. The molecule has 0 spiro atoms. The maximum atomic E-state index is 10.4. The molecule has 4 N–H and O–H groups in total. The first kappa shape index (κ1) is 9.73. The number of allylic oxidation sites excluding steroid dienone is 2. The Morgan fingerprint density at radius 1 is 1.69 bits per heavy atom. The highest BCUT2D eigenvalue weighted by Gasteiger charge is 2.01. The summed E-state index contributed by atoms with van der Waals surface area (Å²) in [5.41, 5.74) is 6.17. The highest BCUT2D eigenvalue weighted by molar-refractivity contribution is 7.66. The molecule has 0 fully saturated rings. The molecule has 5 heteroatoms. The van der Waals surface area contributed by atoms with Gasteiger partial charge in [-0.15, -0.1) is 0 Å². The lowest BCUT2D eigenvalue weighted by atomic mass is 10.1. The third-order valence-corrected chi connectivity index (χ3v) is 2.16. The molecule has 0 saturated carbocycles. The topological polar surface area (TPSA) is 79.0 Å². The van der Waals surface area contributed by atoms with Crippen molar-refractivity contribution >= 4 is 22.1 Å². The van der Waals surface area contributed by atoms with Crippen molar-refractivity contribution in [3.63, 3.8) is 0 Å². The molecule has 1 aliphatic carbocycles. The van der Waals surface area contributed by atoms with Gasteiger partial charge in [0, 0.05) is 17.8 Å². The Morgan fingerprint density at radius 2 is 2.46 bits per heavy atom. The van der Waals surface area contributed by atoms with Crippen molar-refractivity contribution in [2.75, 3.05) is 6.54 Å². The van der Waals surface area contributed by atoms with Crippen molar-refractivity contribution in [1.29, 1.82) is 5.41 Å². The summed E-state index contributed by atoms with van der Waals surface area (Å²) in [6.45, 7) is 0.544. The van der Waals surface area contributed by atoms with Crippen molar-refractivity contribution in [3.05, 3.63) is 23.8 Å². The predicted molar refractivity (Wildman–Crippen MR) is 54.9 cm³/mol. The summed E-state index contributed by atoms with van der Waals surface area (Å²) in [4.78, 5) is 0.812. The second-order valence-corrected chi connectivity index (χ2v) is 3.32. The molecule has 0 aromatic carbocycles. The Balaban J connectivity index is 2.48. The van der Waals surface area contributed by atoms with E-state index in [1.54, 1.807) is 6.08 Å². The molecule has 4 nitrogen and oxygen atoms in total. The Labute approximate surface area is 80.1 Å². The molecular formula is C8H11N3OS. The minimum absolute atomic E-state index is 0.0396. The summed E-state index contributed by atoms with van der Waals surface area (Å²) in [5.74, 6) is -0.0396. The summed E-state index contributed by atoms with van der Waals surface area (Å²) in [7, 11) is 0. The van der Waals surface area contributed by atoms with Crippen LogP contribution in [0.2, 0.25) is 0 Å². The number of nitrogens with two attached hydrogens (primary N) is 1. The Morgan fingerprint density at radius 3 is 2.92 bits per heavy atom. The zero-order chi connectivity index (χ0) is 9.68. The van der Waals surface area contributed by atoms with Gasteiger partial charge in [-0.3, -0.25) is 5.41 Å². The maximum absolute atomic E-state index is 10.4. The third-order valence-electron chi connectivity index (χ3n) is 1.64. The van der Waals surface area contributed by atoms with Crippen LogP contribution in [0.5, 0.6) is 0 Å². The third kappa shape index (κ3) is 3.25. The Hall–Kier alpha value is -1.36. The highest BCUT2D eigenvalue weighted by atomic mass is 32.1. The van der Waals surface area contributed by atoms with E-state index in [-0.39, 0.29) is 5.96 Å². The van der Waals surface area contributed by atoms with Gasteiger partial charge >= 0.3 is 0 Å². The fraction of sp³-hybridized carbons (Fsp3) is 0.250. The minimum Gasteiger partial charge on any atom is -0.370 e. The first-order chi connectivity index (χ1) is 6.22. The lowest BCUT2D eigenvalue weighted by molar-refractivity contribution is 0.701. The van der Waals surface area contributed by atoms with Crippen LogP contribution in [-0.2, 0) is 11.3 Å². The molecule has 0 heterocycles. The lowest BCUT2D eigenvalue weighted by Gasteiger charge is -2.07. The van der Waals surface area contributed by atoms with Crippen LogP contribution in [0.4, 0.5) is 0 Å². The van der Waals surface area contributed by atoms with E-state index in [1.165, 1.54) is 0 Å². The predicted octanol–water partition coefficient (Wildman–Crippen LogP) is -0.259. The van der Waals surface area contributed by atoms with Gasteiger partial charge in [-0.1, -0.05) is 12.2 Å². The van der Waals surface area contributed by atoms with Gasteiger partial charge in [0.2, 0.25) is 0 Å². The highest BCUT2D eigenvalue weighted by Crippen LogP contribution is 2.05. The summed E-state index contributed by atoms with van der Waals surface area (Å²) in [6, 6.07) is 0. The molecular weight excluding hydrogens is 186 g/mol. The maximum Gasteiger partial charge on any atom is 0.185 e. The van der Waals surface area contributed by atoms with E-state index >= 15 is 0 Å². The molecule has 0 aliphatic heterocycles. The zero-order valence-corrected chi connectivity index (χ0v) is 7.86. The molecule has 0 aromatic rings. The van der Waals surface area contributed by atoms with Crippen LogP contribution in [0.25, 0.3) is 0 Å². The van der Waals surface area contributed by atoms with Crippen molar-refractivity contribution < 1.29 is 4.21 Å². The van der Waals surface area contributed by atoms with E-state index in [0.717, 1.165) is 10.4 Å². The minimum atomic E-state index is -0.0396. The fourth-order valence-electron chi connectivity index (χ4n) is 0.958. The number of guanidine groups is 1. The zero-order valence-electron chi connectivity index (χ0n) is 7.04. The number of hydrogen-bond acceptors (Lipinski definition) is 2. The van der Waals surface area contributed by atoms with Gasteiger partial charge in [0.1, 0.15) is 0 Å². The van der Waals surface area contributed by atoms with Crippen molar-refractivity contribution in [2.24, 2.45) is 5.73 Å². The normalized spacial score (nSPS) is 15.1. The first-order valence-electron chi connectivity index (χ1n) is 3.83. The molecule has 0 bridgehead atoms. The van der Waals surface area contributed by atoms with Gasteiger partial charge in [-0.25, -0.2) is 4.21 Å². The van der Waals surface area contributed by atoms with E-state index in [2.05, 4.69) is 5.32 Å². The lowest BCUT2D eigenvalue weighted by Crippen LogP contribution is -2.31. The standard InChI is InChI=1S/C8H11N3OS/c9-8(10)11-5-6-1-3-7(13-12)4-2-6/h1-3H,4-5H2,(H4,9,10,11).